The number of nitrogens with zero attached hydrogens (tertiary/aromatic N) is 4. The highest BCUT2D eigenvalue weighted by Gasteiger charge is 2.28. The number of likely N-dealkylation sites (tertiary alicyclic amines) is 1. The van der Waals surface area contributed by atoms with Crippen LogP contribution in [-0.4, -0.2) is 38.2 Å². The van der Waals surface area contributed by atoms with Crippen LogP contribution in [0.1, 0.15) is 25.8 Å². The molecule has 0 N–H and O–H groups in total. The van der Waals surface area contributed by atoms with Gasteiger partial charge in [0.15, 0.2) is 0 Å². The Bertz CT molecular complexity index is 995. The number of para-hydroxylation sites is 1. The van der Waals surface area contributed by atoms with Gasteiger partial charge in [-0.05, 0) is 25.8 Å². The van der Waals surface area contributed by atoms with E-state index in [0.29, 0.717) is 5.52 Å². The molecule has 6 nitrogen and oxygen atoms in total. The van der Waals surface area contributed by atoms with E-state index < -0.39 is 6.04 Å². The molecule has 1 amide bonds. The number of aromatic nitrogens is 3. The van der Waals surface area contributed by atoms with E-state index in [0.717, 1.165) is 42.2 Å². The molecular weight excluding hydrogens is 304 g/mol. The van der Waals surface area contributed by atoms with Crippen molar-refractivity contribution in [2.24, 2.45) is 7.05 Å². The molecule has 124 valence electrons. The SMILES string of the molecule is C[C@@H](C(=O)N1CCCC1)n1c2ccccc2c2cnn(C)c(=O)c21. The van der Waals surface area contributed by atoms with Crippen molar-refractivity contribution in [1.29, 1.82) is 0 Å². The first-order chi connectivity index (χ1) is 11.6. The van der Waals surface area contributed by atoms with Gasteiger partial charge >= 0.3 is 0 Å². The first-order valence-corrected chi connectivity index (χ1v) is 8.33. The first-order valence-electron chi connectivity index (χ1n) is 8.33. The standard InChI is InChI=1S/C18H20N4O2/c1-12(17(23)21-9-5-6-10-21)22-15-8-4-3-7-13(15)14-11-19-20(2)18(24)16(14)22/h3-4,7-8,11-12H,5-6,9-10H2,1-2H3/t12-/m0/s1. The maximum Gasteiger partial charge on any atom is 0.291 e. The number of hydrogen-bond acceptors (Lipinski definition) is 3. The minimum Gasteiger partial charge on any atom is -0.341 e. The zero-order valence-electron chi connectivity index (χ0n) is 13.9. The summed E-state index contributed by atoms with van der Waals surface area (Å²) in [6, 6.07) is 7.39. The molecule has 0 bridgehead atoms. The zero-order chi connectivity index (χ0) is 16.8. The molecule has 1 aliphatic rings. The van der Waals surface area contributed by atoms with Gasteiger partial charge in [0.05, 0.1) is 11.7 Å². The van der Waals surface area contributed by atoms with E-state index in [1.165, 1.54) is 4.68 Å². The van der Waals surface area contributed by atoms with E-state index in [1.807, 2.05) is 40.7 Å². The molecule has 0 radical (unpaired) electrons. The Morgan fingerprint density at radius 2 is 1.88 bits per heavy atom. The number of rotatable bonds is 2. The van der Waals surface area contributed by atoms with Crippen LogP contribution in [0, 0.1) is 0 Å². The molecule has 3 heterocycles. The van der Waals surface area contributed by atoms with E-state index in [-0.39, 0.29) is 11.5 Å². The van der Waals surface area contributed by atoms with Crippen LogP contribution in [0.4, 0.5) is 0 Å². The van der Waals surface area contributed by atoms with E-state index in [2.05, 4.69) is 5.10 Å². The van der Waals surface area contributed by atoms with Crippen LogP contribution < -0.4 is 5.56 Å². The van der Waals surface area contributed by atoms with Gasteiger partial charge in [-0.3, -0.25) is 9.59 Å². The number of benzene rings is 1. The second-order valence-electron chi connectivity index (χ2n) is 6.43. The Balaban J connectivity index is 2.00. The summed E-state index contributed by atoms with van der Waals surface area (Å²) in [6.45, 7) is 3.49. The largest absolute Gasteiger partial charge is 0.341 e. The van der Waals surface area contributed by atoms with Gasteiger partial charge in [-0.15, -0.1) is 0 Å². The average molecular weight is 324 g/mol. The molecule has 4 rings (SSSR count). The van der Waals surface area contributed by atoms with Gasteiger partial charge in [0.2, 0.25) is 5.91 Å². The van der Waals surface area contributed by atoms with Crippen LogP contribution in [0.5, 0.6) is 0 Å². The summed E-state index contributed by atoms with van der Waals surface area (Å²) >= 11 is 0. The highest BCUT2D eigenvalue weighted by Crippen LogP contribution is 2.30. The van der Waals surface area contributed by atoms with Gasteiger partial charge in [0.25, 0.3) is 5.56 Å². The summed E-state index contributed by atoms with van der Waals surface area (Å²) in [5.41, 5.74) is 1.27. The molecule has 1 saturated heterocycles. The maximum absolute atomic E-state index is 12.9. The highest BCUT2D eigenvalue weighted by molar-refractivity contribution is 6.08. The van der Waals surface area contributed by atoms with Crippen LogP contribution >= 0.6 is 0 Å². The minimum atomic E-state index is -0.416. The van der Waals surface area contributed by atoms with Crippen molar-refractivity contribution in [3.63, 3.8) is 0 Å². The van der Waals surface area contributed by atoms with Crippen molar-refractivity contribution in [3.8, 4) is 0 Å². The fourth-order valence-electron chi connectivity index (χ4n) is 3.70. The molecule has 0 spiro atoms. The summed E-state index contributed by atoms with van der Waals surface area (Å²) in [5.74, 6) is 0.0778. The molecule has 3 aromatic rings. The highest BCUT2D eigenvalue weighted by atomic mass is 16.2. The predicted octanol–water partition coefficient (Wildman–Crippen LogP) is 2.07. The minimum absolute atomic E-state index is 0.0778. The normalized spacial score (nSPS) is 16.2. The maximum atomic E-state index is 12.9. The van der Waals surface area contributed by atoms with Crippen LogP contribution in [0.2, 0.25) is 0 Å². The molecule has 1 aromatic carbocycles. The van der Waals surface area contributed by atoms with E-state index in [1.54, 1.807) is 13.2 Å². The monoisotopic (exact) mass is 324 g/mol. The molecule has 24 heavy (non-hydrogen) atoms. The second kappa shape index (κ2) is 5.47. The van der Waals surface area contributed by atoms with Crippen molar-refractivity contribution in [1.82, 2.24) is 19.2 Å². The molecule has 1 atom stereocenters. The number of fused-ring (bicyclic) bond motifs is 3. The van der Waals surface area contributed by atoms with Crippen LogP contribution in [-0.2, 0) is 11.8 Å². The summed E-state index contributed by atoms with van der Waals surface area (Å²) in [4.78, 5) is 27.5. The molecular formula is C18H20N4O2. The lowest BCUT2D eigenvalue weighted by atomic mass is 10.2. The summed E-state index contributed by atoms with van der Waals surface area (Å²) in [7, 11) is 1.64. The van der Waals surface area contributed by atoms with Crippen LogP contribution in [0.3, 0.4) is 0 Å². The third kappa shape index (κ3) is 2.06. The van der Waals surface area contributed by atoms with Crippen LogP contribution in [0.25, 0.3) is 21.8 Å². The molecule has 2 aromatic heterocycles. The van der Waals surface area contributed by atoms with Gasteiger partial charge in [-0.1, -0.05) is 18.2 Å². The van der Waals surface area contributed by atoms with Crippen LogP contribution in [0.15, 0.2) is 35.3 Å². The number of hydrogen-bond donors (Lipinski definition) is 0. The van der Waals surface area contributed by atoms with Gasteiger partial charge in [-0.25, -0.2) is 4.68 Å². The Morgan fingerprint density at radius 1 is 1.17 bits per heavy atom. The van der Waals surface area contributed by atoms with Crippen molar-refractivity contribution >= 4 is 27.7 Å². The number of amides is 1. The average Bonchev–Trinajstić information content (AvgIpc) is 3.23. The number of carbonyl (C=O) groups excluding carboxylic acids is 1. The van der Waals surface area contributed by atoms with Crippen molar-refractivity contribution in [3.05, 3.63) is 40.8 Å². The van der Waals surface area contributed by atoms with Gasteiger partial charge < -0.3 is 9.47 Å². The lowest BCUT2D eigenvalue weighted by Crippen LogP contribution is -2.34. The quantitative estimate of drug-likeness (QED) is 0.725. The predicted molar refractivity (Wildman–Crippen MR) is 93.0 cm³/mol. The van der Waals surface area contributed by atoms with E-state index in [9.17, 15) is 9.59 Å². The lowest BCUT2D eigenvalue weighted by Gasteiger charge is -2.22. The van der Waals surface area contributed by atoms with Crippen molar-refractivity contribution < 1.29 is 4.79 Å². The first kappa shape index (κ1) is 14.9. The molecule has 6 heteroatoms. The van der Waals surface area contributed by atoms with Gasteiger partial charge in [0.1, 0.15) is 11.6 Å². The van der Waals surface area contributed by atoms with Gasteiger partial charge in [0, 0.05) is 30.9 Å². The number of aryl methyl sites for hydroxylation is 1. The Labute approximate surface area is 139 Å². The van der Waals surface area contributed by atoms with Crippen molar-refractivity contribution in [2.45, 2.75) is 25.8 Å². The molecule has 1 aliphatic heterocycles. The second-order valence-corrected chi connectivity index (χ2v) is 6.43. The molecule has 0 unspecified atom stereocenters. The molecule has 1 fully saturated rings. The third-order valence-electron chi connectivity index (χ3n) is 4.97. The van der Waals surface area contributed by atoms with E-state index >= 15 is 0 Å². The van der Waals surface area contributed by atoms with Crippen molar-refractivity contribution in [2.75, 3.05) is 13.1 Å². The lowest BCUT2D eigenvalue weighted by molar-refractivity contribution is -0.133. The van der Waals surface area contributed by atoms with E-state index in [4.69, 9.17) is 0 Å². The molecule has 0 saturated carbocycles. The fraction of sp³-hybridized carbons (Fsp3) is 0.389. The summed E-state index contributed by atoms with van der Waals surface area (Å²) in [6.07, 6.45) is 3.82. The summed E-state index contributed by atoms with van der Waals surface area (Å²) in [5, 5.41) is 5.91. The van der Waals surface area contributed by atoms with Gasteiger partial charge in [-0.2, -0.15) is 5.10 Å². The Hall–Kier alpha value is -2.63. The third-order valence-corrected chi connectivity index (χ3v) is 4.97. The summed E-state index contributed by atoms with van der Waals surface area (Å²) < 4.78 is 3.21. The topological polar surface area (TPSA) is 60.1 Å². The number of carbonyl (C=O) groups is 1. The fourth-order valence-corrected chi connectivity index (χ4v) is 3.70. The Morgan fingerprint density at radius 3 is 2.62 bits per heavy atom. The zero-order valence-corrected chi connectivity index (χ0v) is 13.9. The Kier molecular flexibility index (Phi) is 3.40. The molecule has 0 aliphatic carbocycles. The smallest absolute Gasteiger partial charge is 0.291 e.